The van der Waals surface area contributed by atoms with E-state index in [1.807, 2.05) is 25.0 Å². The van der Waals surface area contributed by atoms with Crippen LogP contribution in [-0.4, -0.2) is 40.2 Å². The summed E-state index contributed by atoms with van der Waals surface area (Å²) < 4.78 is 0. The van der Waals surface area contributed by atoms with Crippen LogP contribution >= 0.6 is 11.8 Å². The van der Waals surface area contributed by atoms with E-state index < -0.39 is 0 Å². The fourth-order valence-electron chi connectivity index (χ4n) is 1.71. The van der Waals surface area contributed by atoms with E-state index in [4.69, 9.17) is 0 Å². The van der Waals surface area contributed by atoms with Gasteiger partial charge in [0.25, 0.3) is 0 Å². The largest absolute Gasteiger partial charge is 0.390 e. The van der Waals surface area contributed by atoms with Gasteiger partial charge in [-0.3, -0.25) is 0 Å². The summed E-state index contributed by atoms with van der Waals surface area (Å²) >= 11 is 1.81. The van der Waals surface area contributed by atoms with Crippen LogP contribution in [0.3, 0.4) is 0 Å². The first-order chi connectivity index (χ1) is 8.51. The Kier molecular flexibility index (Phi) is 5.88. The van der Waals surface area contributed by atoms with Gasteiger partial charge in [-0.1, -0.05) is 13.8 Å². The molecule has 0 fully saturated rings. The van der Waals surface area contributed by atoms with Crippen molar-refractivity contribution in [2.45, 2.75) is 39.3 Å². The number of aromatic nitrogens is 2. The second-order valence-corrected chi connectivity index (χ2v) is 5.70. The number of hydrogen-bond donors (Lipinski definition) is 1. The smallest absolute Gasteiger partial charge is 0.131 e. The van der Waals surface area contributed by atoms with Crippen molar-refractivity contribution in [1.29, 1.82) is 0 Å². The molecule has 5 heteroatoms. The van der Waals surface area contributed by atoms with E-state index in [2.05, 4.69) is 41.9 Å². The molecular formula is C13H23N3OS. The maximum Gasteiger partial charge on any atom is 0.131 e. The Bertz CT molecular complexity index is 384. The van der Waals surface area contributed by atoms with Gasteiger partial charge in [-0.25, -0.2) is 9.97 Å². The molecule has 4 nitrogen and oxygen atoms in total. The summed E-state index contributed by atoms with van der Waals surface area (Å²) in [6.45, 7) is 6.22. The molecule has 0 saturated heterocycles. The lowest BCUT2D eigenvalue weighted by Gasteiger charge is -2.27. The minimum absolute atomic E-state index is 0.0477. The molecule has 0 radical (unpaired) electrons. The summed E-state index contributed by atoms with van der Waals surface area (Å²) in [4.78, 5) is 11.0. The number of aliphatic hydroxyl groups excluding tert-OH is 1. The van der Waals surface area contributed by atoms with E-state index in [1.165, 1.54) is 0 Å². The molecule has 0 saturated carbocycles. The SMILES string of the molecule is CSCC(C)N(C)c1cnc(C(C)C)nc1CO. The molecule has 0 bridgehead atoms. The molecule has 1 unspecified atom stereocenters. The fourth-order valence-corrected chi connectivity index (χ4v) is 2.41. The second-order valence-electron chi connectivity index (χ2n) is 4.79. The third-order valence-electron chi connectivity index (χ3n) is 2.98. The molecule has 18 heavy (non-hydrogen) atoms. The van der Waals surface area contributed by atoms with Gasteiger partial charge in [0.05, 0.1) is 24.2 Å². The van der Waals surface area contributed by atoms with Crippen molar-refractivity contribution >= 4 is 17.4 Å². The Balaban J connectivity index is 3.01. The molecule has 1 rings (SSSR count). The van der Waals surface area contributed by atoms with Crippen LogP contribution < -0.4 is 4.90 Å². The average Bonchev–Trinajstić information content (AvgIpc) is 2.37. The van der Waals surface area contributed by atoms with E-state index in [-0.39, 0.29) is 12.5 Å². The highest BCUT2D eigenvalue weighted by Crippen LogP contribution is 2.22. The Hall–Kier alpha value is -0.810. The number of aliphatic hydroxyl groups is 1. The summed E-state index contributed by atoms with van der Waals surface area (Å²) in [6, 6.07) is 0.388. The van der Waals surface area contributed by atoms with E-state index in [0.717, 1.165) is 17.3 Å². The molecule has 102 valence electrons. The van der Waals surface area contributed by atoms with Gasteiger partial charge in [0.1, 0.15) is 5.82 Å². The van der Waals surface area contributed by atoms with Gasteiger partial charge in [0.15, 0.2) is 0 Å². The van der Waals surface area contributed by atoms with Crippen LogP contribution in [0.5, 0.6) is 0 Å². The van der Waals surface area contributed by atoms with Crippen molar-refractivity contribution in [1.82, 2.24) is 9.97 Å². The van der Waals surface area contributed by atoms with Crippen molar-refractivity contribution in [2.24, 2.45) is 0 Å². The average molecular weight is 269 g/mol. The third-order valence-corrected chi connectivity index (χ3v) is 3.80. The topological polar surface area (TPSA) is 49.2 Å². The number of anilines is 1. The lowest BCUT2D eigenvalue weighted by atomic mass is 10.2. The van der Waals surface area contributed by atoms with Crippen LogP contribution in [0.2, 0.25) is 0 Å². The Labute approximate surface area is 114 Å². The molecule has 0 spiro atoms. The van der Waals surface area contributed by atoms with Crippen molar-refractivity contribution in [2.75, 3.05) is 24.0 Å². The van der Waals surface area contributed by atoms with Crippen LogP contribution in [0.25, 0.3) is 0 Å². The molecule has 1 heterocycles. The fraction of sp³-hybridized carbons (Fsp3) is 0.692. The van der Waals surface area contributed by atoms with Crippen molar-refractivity contribution < 1.29 is 5.11 Å². The second kappa shape index (κ2) is 6.95. The van der Waals surface area contributed by atoms with Crippen LogP contribution in [0.15, 0.2) is 6.20 Å². The molecule has 1 atom stereocenters. The predicted octanol–water partition coefficient (Wildman–Crippen LogP) is 2.28. The monoisotopic (exact) mass is 269 g/mol. The lowest BCUT2D eigenvalue weighted by Crippen LogP contribution is -2.32. The number of hydrogen-bond acceptors (Lipinski definition) is 5. The minimum atomic E-state index is -0.0477. The van der Waals surface area contributed by atoms with Gasteiger partial charge in [0, 0.05) is 24.8 Å². The van der Waals surface area contributed by atoms with Crippen LogP contribution in [0, 0.1) is 0 Å². The highest BCUT2D eigenvalue weighted by atomic mass is 32.2. The highest BCUT2D eigenvalue weighted by Gasteiger charge is 2.16. The zero-order valence-electron chi connectivity index (χ0n) is 11.8. The normalized spacial score (nSPS) is 12.8. The molecule has 0 aliphatic rings. The number of thioether (sulfide) groups is 1. The predicted molar refractivity (Wildman–Crippen MR) is 78.3 cm³/mol. The summed E-state index contributed by atoms with van der Waals surface area (Å²) in [5, 5.41) is 9.46. The third kappa shape index (κ3) is 3.59. The quantitative estimate of drug-likeness (QED) is 0.858. The van der Waals surface area contributed by atoms with Gasteiger partial charge in [-0.2, -0.15) is 11.8 Å². The van der Waals surface area contributed by atoms with Gasteiger partial charge in [-0.05, 0) is 13.2 Å². The first-order valence-corrected chi connectivity index (χ1v) is 7.59. The maximum atomic E-state index is 9.46. The first kappa shape index (κ1) is 15.2. The Morgan fingerprint density at radius 2 is 2.06 bits per heavy atom. The van der Waals surface area contributed by atoms with E-state index in [9.17, 15) is 5.11 Å². The molecule has 1 aromatic rings. The standard InChI is InChI=1S/C13H23N3OS/c1-9(2)13-14-6-12(11(7-17)15-13)16(4)10(3)8-18-5/h6,9-10,17H,7-8H2,1-5H3. The molecule has 1 N–H and O–H groups in total. The summed E-state index contributed by atoms with van der Waals surface area (Å²) in [5.74, 6) is 2.10. The molecule has 0 aliphatic heterocycles. The zero-order valence-corrected chi connectivity index (χ0v) is 12.7. The molecular weight excluding hydrogens is 246 g/mol. The van der Waals surface area contributed by atoms with E-state index in [1.54, 1.807) is 0 Å². The van der Waals surface area contributed by atoms with E-state index >= 15 is 0 Å². The summed E-state index contributed by atoms with van der Waals surface area (Å²) in [7, 11) is 2.02. The highest BCUT2D eigenvalue weighted by molar-refractivity contribution is 7.98. The van der Waals surface area contributed by atoms with Crippen molar-refractivity contribution in [3.63, 3.8) is 0 Å². The van der Waals surface area contributed by atoms with Gasteiger partial charge >= 0.3 is 0 Å². The van der Waals surface area contributed by atoms with Gasteiger partial charge < -0.3 is 10.0 Å². The number of rotatable bonds is 6. The summed E-state index contributed by atoms with van der Waals surface area (Å²) in [6.07, 6.45) is 3.92. The minimum Gasteiger partial charge on any atom is -0.390 e. The van der Waals surface area contributed by atoms with Gasteiger partial charge in [0.2, 0.25) is 0 Å². The zero-order chi connectivity index (χ0) is 13.7. The van der Waals surface area contributed by atoms with Crippen LogP contribution in [0.4, 0.5) is 5.69 Å². The number of nitrogens with zero attached hydrogens (tertiary/aromatic N) is 3. The summed E-state index contributed by atoms with van der Waals surface area (Å²) in [5.41, 5.74) is 1.63. The molecule has 0 aliphatic carbocycles. The Morgan fingerprint density at radius 3 is 2.56 bits per heavy atom. The van der Waals surface area contributed by atoms with Crippen molar-refractivity contribution in [3.8, 4) is 0 Å². The van der Waals surface area contributed by atoms with Crippen LogP contribution in [-0.2, 0) is 6.61 Å². The molecule has 1 aromatic heterocycles. The van der Waals surface area contributed by atoms with E-state index in [0.29, 0.717) is 11.7 Å². The molecule has 0 amide bonds. The Morgan fingerprint density at radius 1 is 1.39 bits per heavy atom. The van der Waals surface area contributed by atoms with Crippen molar-refractivity contribution in [3.05, 3.63) is 17.7 Å². The van der Waals surface area contributed by atoms with Gasteiger partial charge in [-0.15, -0.1) is 0 Å². The lowest BCUT2D eigenvalue weighted by molar-refractivity contribution is 0.276. The van der Waals surface area contributed by atoms with Crippen LogP contribution in [0.1, 0.15) is 38.2 Å². The first-order valence-electron chi connectivity index (χ1n) is 6.19. The maximum absolute atomic E-state index is 9.46. The molecule has 0 aromatic carbocycles.